The number of nitrogens with one attached hydrogen (secondary N) is 1. The van der Waals surface area contributed by atoms with Crippen molar-refractivity contribution in [2.24, 2.45) is 0 Å². The summed E-state index contributed by atoms with van der Waals surface area (Å²) in [6.07, 6.45) is 10.1. The Morgan fingerprint density at radius 1 is 1.05 bits per heavy atom. The predicted molar refractivity (Wildman–Crippen MR) is 84.8 cm³/mol. The maximum absolute atomic E-state index is 5.00. The van der Waals surface area contributed by atoms with Gasteiger partial charge < -0.3 is 10.2 Å². The lowest BCUT2D eigenvalue weighted by Gasteiger charge is -2.36. The first kappa shape index (κ1) is 13.5. The van der Waals surface area contributed by atoms with Gasteiger partial charge in [0, 0.05) is 36.3 Å². The summed E-state index contributed by atoms with van der Waals surface area (Å²) in [4.78, 5) is 12.5. The molecule has 21 heavy (non-hydrogen) atoms. The van der Waals surface area contributed by atoms with Crippen molar-refractivity contribution in [1.82, 2.24) is 14.9 Å². The Kier molecular flexibility index (Phi) is 3.37. The second kappa shape index (κ2) is 5.24. The van der Waals surface area contributed by atoms with Crippen LogP contribution in [0.2, 0.25) is 0 Å². The highest BCUT2D eigenvalue weighted by atomic mass is 15.2. The van der Waals surface area contributed by atoms with Crippen LogP contribution in [0.4, 0.5) is 5.82 Å². The van der Waals surface area contributed by atoms with E-state index in [-0.39, 0.29) is 0 Å². The Morgan fingerprint density at radius 3 is 2.48 bits per heavy atom. The summed E-state index contributed by atoms with van der Waals surface area (Å²) in [5.41, 5.74) is 2.70. The minimum Gasteiger partial charge on any atom is -0.373 e. The number of anilines is 1. The first-order valence-corrected chi connectivity index (χ1v) is 8.55. The molecule has 4 rings (SSSR count). The molecule has 2 unspecified atom stereocenters. The molecule has 0 spiro atoms. The molecule has 2 bridgehead atoms. The van der Waals surface area contributed by atoms with E-state index in [2.05, 4.69) is 17.3 Å². The maximum atomic E-state index is 5.00. The quantitative estimate of drug-likeness (QED) is 0.907. The molecule has 1 aliphatic carbocycles. The highest BCUT2D eigenvalue weighted by Gasteiger charge is 2.40. The number of aryl methyl sites for hydroxylation is 1. The van der Waals surface area contributed by atoms with Gasteiger partial charge in [0.25, 0.3) is 0 Å². The second-order valence-corrected chi connectivity index (χ2v) is 7.03. The zero-order valence-electron chi connectivity index (χ0n) is 13.2. The van der Waals surface area contributed by atoms with Crippen molar-refractivity contribution in [1.29, 1.82) is 0 Å². The van der Waals surface area contributed by atoms with Crippen LogP contribution in [-0.4, -0.2) is 41.0 Å². The molecular weight excluding hydrogens is 260 g/mol. The van der Waals surface area contributed by atoms with Gasteiger partial charge in [-0.15, -0.1) is 0 Å². The molecule has 0 saturated carbocycles. The van der Waals surface area contributed by atoms with Crippen molar-refractivity contribution in [3.05, 3.63) is 17.1 Å². The van der Waals surface area contributed by atoms with Crippen LogP contribution < -0.4 is 5.32 Å². The minimum atomic E-state index is 0.568. The Morgan fingerprint density at radius 2 is 1.76 bits per heavy atom. The van der Waals surface area contributed by atoms with Gasteiger partial charge in [-0.25, -0.2) is 9.97 Å². The van der Waals surface area contributed by atoms with E-state index in [1.165, 1.54) is 49.8 Å². The lowest BCUT2D eigenvalue weighted by Crippen LogP contribution is -2.39. The Bertz CT molecular complexity index is 511. The minimum absolute atomic E-state index is 0.568. The van der Waals surface area contributed by atoms with Gasteiger partial charge in [0.1, 0.15) is 11.6 Å². The van der Waals surface area contributed by atoms with Gasteiger partial charge in [0.05, 0.1) is 0 Å². The summed E-state index contributed by atoms with van der Waals surface area (Å²) in [6, 6.07) is 1.51. The first-order chi connectivity index (χ1) is 10.3. The Hall–Kier alpha value is -1.16. The molecule has 3 aliphatic rings. The smallest absolute Gasteiger partial charge is 0.134 e. The summed E-state index contributed by atoms with van der Waals surface area (Å²) in [6.45, 7) is 0. The average Bonchev–Trinajstić information content (AvgIpc) is 2.75. The predicted octanol–water partition coefficient (Wildman–Crippen LogP) is 2.74. The summed E-state index contributed by atoms with van der Waals surface area (Å²) in [7, 11) is 4.30. The van der Waals surface area contributed by atoms with Gasteiger partial charge in [0.2, 0.25) is 0 Å². The van der Waals surface area contributed by atoms with Crippen LogP contribution in [-0.2, 0) is 12.8 Å². The van der Waals surface area contributed by atoms with Crippen molar-refractivity contribution in [3.8, 4) is 0 Å². The number of hydrogen-bond acceptors (Lipinski definition) is 4. The molecule has 0 radical (unpaired) electrons. The van der Waals surface area contributed by atoms with Gasteiger partial charge >= 0.3 is 0 Å². The molecule has 114 valence electrons. The third-order valence-electron chi connectivity index (χ3n) is 5.90. The molecule has 4 nitrogen and oxygen atoms in total. The second-order valence-electron chi connectivity index (χ2n) is 7.03. The van der Waals surface area contributed by atoms with E-state index in [0.717, 1.165) is 36.6 Å². The van der Waals surface area contributed by atoms with Crippen molar-refractivity contribution in [3.63, 3.8) is 0 Å². The maximum Gasteiger partial charge on any atom is 0.134 e. The van der Waals surface area contributed by atoms with E-state index in [4.69, 9.17) is 9.97 Å². The Labute approximate surface area is 127 Å². The van der Waals surface area contributed by atoms with Crippen LogP contribution in [0.5, 0.6) is 0 Å². The highest BCUT2D eigenvalue weighted by molar-refractivity contribution is 5.47. The molecule has 1 N–H and O–H groups in total. The third-order valence-corrected chi connectivity index (χ3v) is 5.90. The molecule has 1 aromatic rings. The van der Waals surface area contributed by atoms with Crippen molar-refractivity contribution < 1.29 is 0 Å². The summed E-state index contributed by atoms with van der Waals surface area (Å²) in [5.74, 6) is 2.78. The molecule has 2 fully saturated rings. The fourth-order valence-electron chi connectivity index (χ4n) is 4.62. The first-order valence-electron chi connectivity index (χ1n) is 8.55. The van der Waals surface area contributed by atoms with Gasteiger partial charge in [-0.1, -0.05) is 0 Å². The lowest BCUT2D eigenvalue weighted by atomic mass is 9.89. The molecule has 2 saturated heterocycles. The van der Waals surface area contributed by atoms with Crippen molar-refractivity contribution in [2.75, 3.05) is 19.4 Å². The van der Waals surface area contributed by atoms with Crippen LogP contribution in [0.3, 0.4) is 0 Å². The monoisotopic (exact) mass is 286 g/mol. The van der Waals surface area contributed by atoms with Gasteiger partial charge in [-0.2, -0.15) is 0 Å². The summed E-state index contributed by atoms with van der Waals surface area (Å²) in [5, 5.41) is 3.32. The molecular formula is C17H26N4. The summed E-state index contributed by atoms with van der Waals surface area (Å²) < 4.78 is 0. The largest absolute Gasteiger partial charge is 0.373 e. The Balaban J connectivity index is 1.66. The number of piperidine rings is 1. The van der Waals surface area contributed by atoms with Crippen LogP contribution in [0.1, 0.15) is 61.5 Å². The fraction of sp³-hybridized carbons (Fsp3) is 0.765. The van der Waals surface area contributed by atoms with E-state index < -0.39 is 0 Å². The molecule has 1 aromatic heterocycles. The number of aromatic nitrogens is 2. The molecule has 0 aromatic carbocycles. The van der Waals surface area contributed by atoms with Gasteiger partial charge in [-0.05, 0) is 58.4 Å². The fourth-order valence-corrected chi connectivity index (χ4v) is 4.62. The van der Waals surface area contributed by atoms with Crippen LogP contribution in [0, 0.1) is 0 Å². The highest BCUT2D eigenvalue weighted by Crippen LogP contribution is 2.41. The standard InChI is InChI=1S/C17H26N4/c1-18-17-14-5-3-4-6-15(14)19-16(20-17)11-9-12-7-8-13(10-11)21(12)2/h11-13H,3-10H2,1-2H3,(H,18,19,20). The number of fused-ring (bicyclic) bond motifs is 3. The molecule has 4 heteroatoms. The summed E-state index contributed by atoms with van der Waals surface area (Å²) >= 11 is 0. The number of rotatable bonds is 2. The van der Waals surface area contributed by atoms with E-state index in [0.29, 0.717) is 5.92 Å². The molecule has 0 amide bonds. The number of nitrogens with zero attached hydrogens (tertiary/aromatic N) is 3. The zero-order chi connectivity index (χ0) is 14.4. The van der Waals surface area contributed by atoms with Crippen molar-refractivity contribution in [2.45, 2.75) is 69.4 Å². The van der Waals surface area contributed by atoms with Gasteiger partial charge in [0.15, 0.2) is 0 Å². The average molecular weight is 286 g/mol. The van der Waals surface area contributed by atoms with E-state index in [1.807, 2.05) is 7.05 Å². The van der Waals surface area contributed by atoms with E-state index in [9.17, 15) is 0 Å². The molecule has 2 aliphatic heterocycles. The zero-order valence-corrected chi connectivity index (χ0v) is 13.2. The third kappa shape index (κ3) is 2.24. The van der Waals surface area contributed by atoms with Crippen LogP contribution >= 0.6 is 0 Å². The van der Waals surface area contributed by atoms with E-state index in [1.54, 1.807) is 0 Å². The van der Waals surface area contributed by atoms with Crippen LogP contribution in [0.15, 0.2) is 0 Å². The topological polar surface area (TPSA) is 41.1 Å². The van der Waals surface area contributed by atoms with E-state index >= 15 is 0 Å². The lowest BCUT2D eigenvalue weighted by molar-refractivity contribution is 0.159. The SMILES string of the molecule is CNc1nc(C2CC3CCC(C2)N3C)nc2c1CCCC2. The normalized spacial score (nSPS) is 32.0. The van der Waals surface area contributed by atoms with Gasteiger partial charge in [-0.3, -0.25) is 0 Å². The van der Waals surface area contributed by atoms with Crippen molar-refractivity contribution >= 4 is 5.82 Å². The number of hydrogen-bond donors (Lipinski definition) is 1. The molecule has 2 atom stereocenters. The molecule has 3 heterocycles. The van der Waals surface area contributed by atoms with Crippen LogP contribution in [0.25, 0.3) is 0 Å².